The molecule has 134 valence electrons. The highest BCUT2D eigenvalue weighted by Gasteiger charge is 2.15. The first kappa shape index (κ1) is 16.4. The molecule has 1 fully saturated rings. The van der Waals surface area contributed by atoms with E-state index in [0.29, 0.717) is 17.3 Å². The Kier molecular flexibility index (Phi) is 4.43. The number of hydrogen-bond donors (Lipinski definition) is 1. The molecule has 0 radical (unpaired) electrons. The van der Waals surface area contributed by atoms with Gasteiger partial charge < -0.3 is 19.5 Å². The summed E-state index contributed by atoms with van der Waals surface area (Å²) in [5.41, 5.74) is 0.766. The first-order chi connectivity index (χ1) is 12.7. The number of aryl methyl sites for hydroxylation is 1. The van der Waals surface area contributed by atoms with Crippen LogP contribution in [0.4, 0.5) is 11.6 Å². The van der Waals surface area contributed by atoms with Crippen LogP contribution in [0, 0.1) is 6.92 Å². The number of nitrogens with one attached hydrogen (secondary N) is 1. The lowest BCUT2D eigenvalue weighted by Gasteiger charge is -2.17. The number of ether oxygens (including phenoxy) is 1. The number of carbonyl (C=O) groups excluding carboxylic acids is 1. The Morgan fingerprint density at radius 1 is 1.27 bits per heavy atom. The van der Waals surface area contributed by atoms with E-state index in [1.54, 1.807) is 13.0 Å². The maximum atomic E-state index is 12.1. The number of para-hydroxylation sites is 1. The summed E-state index contributed by atoms with van der Waals surface area (Å²) < 4.78 is 10.7. The summed E-state index contributed by atoms with van der Waals surface area (Å²) >= 11 is 0. The Morgan fingerprint density at radius 2 is 2.12 bits per heavy atom. The van der Waals surface area contributed by atoms with Gasteiger partial charge in [0.15, 0.2) is 12.4 Å². The van der Waals surface area contributed by atoms with E-state index in [1.807, 2.05) is 30.3 Å². The van der Waals surface area contributed by atoms with E-state index >= 15 is 0 Å². The third-order valence-corrected chi connectivity index (χ3v) is 4.35. The third-order valence-electron chi connectivity index (χ3n) is 4.35. The minimum absolute atomic E-state index is 0.124. The lowest BCUT2D eigenvalue weighted by molar-refractivity contribution is -0.118. The largest absolute Gasteiger partial charge is 0.481 e. The average Bonchev–Trinajstić information content (AvgIpc) is 3.31. The van der Waals surface area contributed by atoms with E-state index in [4.69, 9.17) is 14.2 Å². The van der Waals surface area contributed by atoms with Gasteiger partial charge in [-0.15, -0.1) is 0 Å². The van der Waals surface area contributed by atoms with Gasteiger partial charge in [-0.05, 0) is 38.0 Å². The van der Waals surface area contributed by atoms with Crippen LogP contribution in [0.5, 0.6) is 5.75 Å². The topological polar surface area (TPSA) is 80.5 Å². The summed E-state index contributed by atoms with van der Waals surface area (Å²) in [6, 6.07) is 11.4. The average molecular weight is 352 g/mol. The molecule has 7 heteroatoms. The molecule has 3 aromatic rings. The number of anilines is 2. The van der Waals surface area contributed by atoms with E-state index in [-0.39, 0.29) is 12.5 Å². The number of pyridine rings is 1. The van der Waals surface area contributed by atoms with Crippen molar-refractivity contribution in [2.45, 2.75) is 19.8 Å². The van der Waals surface area contributed by atoms with Crippen LogP contribution in [0.2, 0.25) is 0 Å². The molecular weight excluding hydrogens is 332 g/mol. The fraction of sp³-hybridized carbons (Fsp3) is 0.316. The fourth-order valence-electron chi connectivity index (χ4n) is 3.10. The third kappa shape index (κ3) is 3.46. The molecule has 0 aliphatic carbocycles. The fourth-order valence-corrected chi connectivity index (χ4v) is 3.10. The van der Waals surface area contributed by atoms with Gasteiger partial charge in [0.1, 0.15) is 22.8 Å². The summed E-state index contributed by atoms with van der Waals surface area (Å²) in [7, 11) is 0. The van der Waals surface area contributed by atoms with E-state index in [1.165, 1.54) is 12.8 Å². The van der Waals surface area contributed by atoms with Crippen LogP contribution in [-0.2, 0) is 4.79 Å². The number of carbonyl (C=O) groups is 1. The second-order valence-electron chi connectivity index (χ2n) is 6.35. The van der Waals surface area contributed by atoms with Gasteiger partial charge in [0.25, 0.3) is 5.91 Å². The first-order valence-corrected chi connectivity index (χ1v) is 8.70. The van der Waals surface area contributed by atoms with Gasteiger partial charge in [0, 0.05) is 24.5 Å². The van der Waals surface area contributed by atoms with Crippen molar-refractivity contribution >= 4 is 28.4 Å². The first-order valence-electron chi connectivity index (χ1n) is 8.70. The second-order valence-corrected chi connectivity index (χ2v) is 6.35. The molecule has 1 N–H and O–H groups in total. The summed E-state index contributed by atoms with van der Waals surface area (Å²) in [4.78, 5) is 19.1. The minimum Gasteiger partial charge on any atom is -0.481 e. The number of hydrogen-bond acceptors (Lipinski definition) is 6. The van der Waals surface area contributed by atoms with Gasteiger partial charge in [0.05, 0.1) is 0 Å². The van der Waals surface area contributed by atoms with E-state index in [0.717, 1.165) is 29.8 Å². The summed E-state index contributed by atoms with van der Waals surface area (Å²) in [6.45, 7) is 3.70. The molecule has 1 aromatic carbocycles. The number of rotatable bonds is 5. The molecule has 0 spiro atoms. The number of nitrogens with zero attached hydrogens (tertiary/aromatic N) is 3. The molecule has 1 aliphatic rings. The normalized spacial score (nSPS) is 14.0. The molecule has 1 aliphatic heterocycles. The second kappa shape index (κ2) is 7.03. The molecule has 0 atom stereocenters. The van der Waals surface area contributed by atoms with Crippen molar-refractivity contribution in [2.75, 3.05) is 29.9 Å². The standard InChI is InChI=1S/C19H20N4O3/c1-13-11-16(22-26-13)20-18(24)12-25-15-6-4-5-14-7-8-17(21-19(14)15)23-9-2-3-10-23/h4-8,11H,2-3,9-10,12H2,1H3,(H,20,22,24). The predicted molar refractivity (Wildman–Crippen MR) is 98.6 cm³/mol. The molecule has 2 aromatic heterocycles. The van der Waals surface area contributed by atoms with Gasteiger partial charge >= 0.3 is 0 Å². The van der Waals surface area contributed by atoms with E-state index < -0.39 is 0 Å². The van der Waals surface area contributed by atoms with Crippen LogP contribution in [0.15, 0.2) is 40.9 Å². The number of benzene rings is 1. The number of amides is 1. The maximum Gasteiger partial charge on any atom is 0.263 e. The minimum atomic E-state index is -0.300. The van der Waals surface area contributed by atoms with Gasteiger partial charge in [-0.25, -0.2) is 4.98 Å². The smallest absolute Gasteiger partial charge is 0.263 e. The molecule has 7 nitrogen and oxygen atoms in total. The summed E-state index contributed by atoms with van der Waals surface area (Å²) in [6.07, 6.45) is 2.39. The predicted octanol–water partition coefficient (Wildman–Crippen LogP) is 3.15. The zero-order chi connectivity index (χ0) is 17.9. The van der Waals surface area contributed by atoms with Crippen molar-refractivity contribution in [3.8, 4) is 5.75 Å². The molecule has 1 amide bonds. The number of fused-ring (bicyclic) bond motifs is 1. The summed E-state index contributed by atoms with van der Waals surface area (Å²) in [5, 5.41) is 7.36. The highest BCUT2D eigenvalue weighted by Crippen LogP contribution is 2.27. The van der Waals surface area contributed by atoms with Gasteiger partial charge in [-0.2, -0.15) is 0 Å². The van der Waals surface area contributed by atoms with Crippen molar-refractivity contribution in [2.24, 2.45) is 0 Å². The molecule has 0 bridgehead atoms. The Bertz CT molecular complexity index is 931. The molecular formula is C19H20N4O3. The molecule has 26 heavy (non-hydrogen) atoms. The molecule has 1 saturated heterocycles. The van der Waals surface area contributed by atoms with Gasteiger partial charge in [0.2, 0.25) is 0 Å². The maximum absolute atomic E-state index is 12.1. The highest BCUT2D eigenvalue weighted by molar-refractivity contribution is 5.91. The zero-order valence-corrected chi connectivity index (χ0v) is 14.6. The SMILES string of the molecule is Cc1cc(NC(=O)COc2cccc3ccc(N4CCCC4)nc23)no1. The van der Waals surface area contributed by atoms with E-state index in [2.05, 4.69) is 15.4 Å². The monoisotopic (exact) mass is 352 g/mol. The molecule has 3 heterocycles. The van der Waals surface area contributed by atoms with E-state index in [9.17, 15) is 4.79 Å². The van der Waals surface area contributed by atoms with Crippen molar-refractivity contribution in [1.29, 1.82) is 0 Å². The Morgan fingerprint density at radius 3 is 2.88 bits per heavy atom. The van der Waals surface area contributed by atoms with Crippen molar-refractivity contribution in [3.63, 3.8) is 0 Å². The van der Waals surface area contributed by atoms with Crippen LogP contribution in [0.1, 0.15) is 18.6 Å². The molecule has 0 saturated carbocycles. The lowest BCUT2D eigenvalue weighted by atomic mass is 10.2. The Balaban J connectivity index is 1.50. The van der Waals surface area contributed by atoms with Crippen molar-refractivity contribution in [3.05, 3.63) is 42.2 Å². The van der Waals surface area contributed by atoms with Gasteiger partial charge in [-0.1, -0.05) is 17.3 Å². The van der Waals surface area contributed by atoms with Gasteiger partial charge in [-0.3, -0.25) is 4.79 Å². The van der Waals surface area contributed by atoms with Crippen LogP contribution >= 0.6 is 0 Å². The van der Waals surface area contributed by atoms with Crippen molar-refractivity contribution < 1.29 is 14.1 Å². The highest BCUT2D eigenvalue weighted by atomic mass is 16.5. The zero-order valence-electron chi connectivity index (χ0n) is 14.6. The number of aromatic nitrogens is 2. The Labute approximate surface area is 150 Å². The van der Waals surface area contributed by atoms with Crippen LogP contribution in [0.25, 0.3) is 10.9 Å². The lowest BCUT2D eigenvalue weighted by Crippen LogP contribution is -2.21. The molecule has 4 rings (SSSR count). The Hall–Kier alpha value is -3.09. The van der Waals surface area contributed by atoms with Crippen LogP contribution < -0.4 is 15.0 Å². The summed E-state index contributed by atoms with van der Waals surface area (Å²) in [5.74, 6) is 2.26. The molecule has 0 unspecified atom stereocenters. The quantitative estimate of drug-likeness (QED) is 0.760. The van der Waals surface area contributed by atoms with Crippen LogP contribution in [0.3, 0.4) is 0 Å². The van der Waals surface area contributed by atoms with Crippen molar-refractivity contribution in [1.82, 2.24) is 10.1 Å². The van der Waals surface area contributed by atoms with Crippen LogP contribution in [-0.4, -0.2) is 35.7 Å².